The van der Waals surface area contributed by atoms with E-state index in [0.29, 0.717) is 17.0 Å². The lowest BCUT2D eigenvalue weighted by Crippen LogP contribution is -1.91. The zero-order valence-electron chi connectivity index (χ0n) is 7.72. The van der Waals surface area contributed by atoms with Gasteiger partial charge in [0.05, 0.1) is 10.7 Å². The SMILES string of the molecule is O=Cc1nc(-c2cccnc2)ccc1Cl. The van der Waals surface area contributed by atoms with Crippen LogP contribution in [0.2, 0.25) is 5.02 Å². The molecule has 0 aliphatic heterocycles. The van der Waals surface area contributed by atoms with Crippen LogP contribution in [0.4, 0.5) is 0 Å². The Kier molecular flexibility index (Phi) is 2.74. The van der Waals surface area contributed by atoms with E-state index in [4.69, 9.17) is 11.6 Å². The van der Waals surface area contributed by atoms with E-state index in [1.807, 2.05) is 12.1 Å². The molecule has 0 fully saturated rings. The van der Waals surface area contributed by atoms with Gasteiger partial charge in [-0.25, -0.2) is 4.98 Å². The molecule has 2 heterocycles. The van der Waals surface area contributed by atoms with E-state index in [9.17, 15) is 4.79 Å². The number of halogens is 1. The number of nitrogens with zero attached hydrogens (tertiary/aromatic N) is 2. The third-order valence-electron chi connectivity index (χ3n) is 1.94. The van der Waals surface area contributed by atoms with Crippen LogP contribution in [0.3, 0.4) is 0 Å². The first-order valence-electron chi connectivity index (χ1n) is 4.33. The van der Waals surface area contributed by atoms with Gasteiger partial charge in [0.15, 0.2) is 6.29 Å². The molecule has 0 amide bonds. The molecule has 0 aromatic carbocycles. The maximum atomic E-state index is 10.6. The largest absolute Gasteiger partial charge is 0.296 e. The van der Waals surface area contributed by atoms with Gasteiger partial charge in [-0.3, -0.25) is 9.78 Å². The molecule has 0 saturated carbocycles. The lowest BCUT2D eigenvalue weighted by atomic mass is 10.2. The second-order valence-electron chi connectivity index (χ2n) is 2.92. The van der Waals surface area contributed by atoms with E-state index >= 15 is 0 Å². The van der Waals surface area contributed by atoms with Gasteiger partial charge < -0.3 is 0 Å². The van der Waals surface area contributed by atoms with Gasteiger partial charge in [-0.2, -0.15) is 0 Å². The Morgan fingerprint density at radius 1 is 1.27 bits per heavy atom. The highest BCUT2D eigenvalue weighted by Gasteiger charge is 2.04. The predicted octanol–water partition coefficient (Wildman–Crippen LogP) is 2.61. The summed E-state index contributed by atoms with van der Waals surface area (Å²) in [6, 6.07) is 7.09. The van der Waals surface area contributed by atoms with Crippen molar-refractivity contribution < 1.29 is 4.79 Å². The van der Waals surface area contributed by atoms with E-state index in [1.54, 1.807) is 24.5 Å². The minimum atomic E-state index is 0.248. The highest BCUT2D eigenvalue weighted by atomic mass is 35.5. The molecule has 0 spiro atoms. The Morgan fingerprint density at radius 2 is 2.13 bits per heavy atom. The van der Waals surface area contributed by atoms with Crippen molar-refractivity contribution in [1.29, 1.82) is 0 Å². The van der Waals surface area contributed by atoms with Crippen molar-refractivity contribution in [2.24, 2.45) is 0 Å². The van der Waals surface area contributed by atoms with Gasteiger partial charge in [0.25, 0.3) is 0 Å². The summed E-state index contributed by atoms with van der Waals surface area (Å²) >= 11 is 5.77. The number of rotatable bonds is 2. The molecule has 4 heteroatoms. The fourth-order valence-electron chi connectivity index (χ4n) is 1.22. The van der Waals surface area contributed by atoms with Crippen molar-refractivity contribution in [3.8, 4) is 11.3 Å². The van der Waals surface area contributed by atoms with Gasteiger partial charge in [0.1, 0.15) is 5.69 Å². The number of carbonyl (C=O) groups excluding carboxylic acids is 1. The summed E-state index contributed by atoms with van der Waals surface area (Å²) in [4.78, 5) is 18.7. The topological polar surface area (TPSA) is 42.9 Å². The minimum Gasteiger partial charge on any atom is -0.296 e. The lowest BCUT2D eigenvalue weighted by Gasteiger charge is -2.01. The smallest absolute Gasteiger partial charge is 0.169 e. The van der Waals surface area contributed by atoms with Crippen LogP contribution in [-0.4, -0.2) is 16.3 Å². The zero-order chi connectivity index (χ0) is 10.7. The van der Waals surface area contributed by atoms with Crippen molar-refractivity contribution in [3.05, 3.63) is 47.4 Å². The van der Waals surface area contributed by atoms with Crippen molar-refractivity contribution >= 4 is 17.9 Å². The normalized spacial score (nSPS) is 9.93. The van der Waals surface area contributed by atoms with Gasteiger partial charge in [-0.1, -0.05) is 11.6 Å². The van der Waals surface area contributed by atoms with Crippen LogP contribution < -0.4 is 0 Å². The molecule has 2 aromatic rings. The Morgan fingerprint density at radius 3 is 2.80 bits per heavy atom. The maximum absolute atomic E-state index is 10.6. The second-order valence-corrected chi connectivity index (χ2v) is 3.33. The Bertz CT molecular complexity index is 485. The molecule has 0 bridgehead atoms. The van der Waals surface area contributed by atoms with E-state index in [-0.39, 0.29) is 5.69 Å². The third-order valence-corrected chi connectivity index (χ3v) is 2.26. The van der Waals surface area contributed by atoms with E-state index in [2.05, 4.69) is 9.97 Å². The van der Waals surface area contributed by atoms with Gasteiger partial charge in [-0.05, 0) is 24.3 Å². The average Bonchev–Trinajstić information content (AvgIpc) is 2.31. The maximum Gasteiger partial charge on any atom is 0.169 e. The van der Waals surface area contributed by atoms with Crippen molar-refractivity contribution in [2.45, 2.75) is 0 Å². The summed E-state index contributed by atoms with van der Waals surface area (Å²) in [6.45, 7) is 0. The van der Waals surface area contributed by atoms with Crippen LogP contribution >= 0.6 is 11.6 Å². The number of carbonyl (C=O) groups is 1. The summed E-state index contributed by atoms with van der Waals surface area (Å²) in [5.74, 6) is 0. The van der Waals surface area contributed by atoms with E-state index < -0.39 is 0 Å². The molecule has 0 unspecified atom stereocenters. The van der Waals surface area contributed by atoms with Gasteiger partial charge in [-0.15, -0.1) is 0 Å². The number of hydrogen-bond donors (Lipinski definition) is 0. The molecule has 74 valence electrons. The predicted molar refractivity (Wildman–Crippen MR) is 57.9 cm³/mol. The molecule has 0 atom stereocenters. The molecule has 0 saturated heterocycles. The Balaban J connectivity index is 2.51. The number of aromatic nitrogens is 2. The average molecular weight is 219 g/mol. The monoisotopic (exact) mass is 218 g/mol. The molecule has 2 rings (SSSR count). The summed E-state index contributed by atoms with van der Waals surface area (Å²) in [7, 11) is 0. The molecule has 0 radical (unpaired) electrons. The molecule has 3 nitrogen and oxygen atoms in total. The third kappa shape index (κ3) is 2.02. The number of hydrogen-bond acceptors (Lipinski definition) is 3. The molecule has 0 N–H and O–H groups in total. The number of pyridine rings is 2. The molecular formula is C11H7ClN2O. The molecule has 0 aliphatic rings. The van der Waals surface area contributed by atoms with Crippen LogP contribution in [0.25, 0.3) is 11.3 Å². The fourth-order valence-corrected chi connectivity index (χ4v) is 1.37. The summed E-state index contributed by atoms with van der Waals surface area (Å²) < 4.78 is 0. The van der Waals surface area contributed by atoms with E-state index in [0.717, 1.165) is 5.56 Å². The second kappa shape index (κ2) is 4.19. The van der Waals surface area contributed by atoms with Gasteiger partial charge in [0.2, 0.25) is 0 Å². The van der Waals surface area contributed by atoms with Crippen LogP contribution in [0.1, 0.15) is 10.5 Å². The van der Waals surface area contributed by atoms with Crippen molar-refractivity contribution in [2.75, 3.05) is 0 Å². The first kappa shape index (κ1) is 9.80. The molecular weight excluding hydrogens is 212 g/mol. The quantitative estimate of drug-likeness (QED) is 0.728. The summed E-state index contributed by atoms with van der Waals surface area (Å²) in [5, 5.41) is 0.359. The fraction of sp³-hybridized carbons (Fsp3) is 0. The highest BCUT2D eigenvalue weighted by molar-refractivity contribution is 6.32. The first-order chi connectivity index (χ1) is 7.31. The molecule has 0 aliphatic carbocycles. The minimum absolute atomic E-state index is 0.248. The summed E-state index contributed by atoms with van der Waals surface area (Å²) in [5.41, 5.74) is 1.80. The Labute approximate surface area is 91.8 Å². The van der Waals surface area contributed by atoms with Gasteiger partial charge in [0, 0.05) is 18.0 Å². The Hall–Kier alpha value is -1.74. The van der Waals surface area contributed by atoms with Crippen molar-refractivity contribution in [1.82, 2.24) is 9.97 Å². The van der Waals surface area contributed by atoms with E-state index in [1.165, 1.54) is 0 Å². The van der Waals surface area contributed by atoms with Crippen LogP contribution in [-0.2, 0) is 0 Å². The molecule has 15 heavy (non-hydrogen) atoms. The van der Waals surface area contributed by atoms with Crippen LogP contribution in [0.5, 0.6) is 0 Å². The lowest BCUT2D eigenvalue weighted by molar-refractivity contribution is 0.111. The van der Waals surface area contributed by atoms with Gasteiger partial charge >= 0.3 is 0 Å². The van der Waals surface area contributed by atoms with Crippen LogP contribution in [0, 0.1) is 0 Å². The molecule has 2 aromatic heterocycles. The zero-order valence-corrected chi connectivity index (χ0v) is 8.48. The van der Waals surface area contributed by atoms with Crippen LogP contribution in [0.15, 0.2) is 36.7 Å². The first-order valence-corrected chi connectivity index (χ1v) is 4.71. The highest BCUT2D eigenvalue weighted by Crippen LogP contribution is 2.19. The summed E-state index contributed by atoms with van der Waals surface area (Å²) in [6.07, 6.45) is 4.01. The standard InChI is InChI=1S/C11H7ClN2O/c12-9-3-4-10(14-11(9)7-15)8-2-1-5-13-6-8/h1-7H. The van der Waals surface area contributed by atoms with Crippen molar-refractivity contribution in [3.63, 3.8) is 0 Å². The number of aldehydes is 1.